The van der Waals surface area contributed by atoms with Crippen LogP contribution in [0.25, 0.3) is 0 Å². The van der Waals surface area contributed by atoms with Crippen LogP contribution in [0.3, 0.4) is 0 Å². The van der Waals surface area contributed by atoms with Gasteiger partial charge < -0.3 is 14.8 Å². The lowest BCUT2D eigenvalue weighted by molar-refractivity contribution is -0.116. The molecular weight excluding hydrogens is 373 g/mol. The Hall–Kier alpha value is -1.62. The van der Waals surface area contributed by atoms with Crippen molar-refractivity contribution in [3.05, 3.63) is 51.0 Å². The van der Waals surface area contributed by atoms with Crippen molar-refractivity contribution in [1.29, 1.82) is 0 Å². The highest BCUT2D eigenvalue weighted by molar-refractivity contribution is 6.35. The SMILES string of the molecule is COc1cc(OC)c(NC(=O)CCc2ccc(Cl)cc2Cl)cc1Cl. The topological polar surface area (TPSA) is 47.6 Å². The highest BCUT2D eigenvalue weighted by Crippen LogP contribution is 2.36. The maximum Gasteiger partial charge on any atom is 0.224 e. The van der Waals surface area contributed by atoms with E-state index in [9.17, 15) is 4.79 Å². The fourth-order valence-corrected chi connectivity index (χ4v) is 2.89. The summed E-state index contributed by atoms with van der Waals surface area (Å²) >= 11 is 18.1. The van der Waals surface area contributed by atoms with E-state index in [1.807, 2.05) is 6.07 Å². The van der Waals surface area contributed by atoms with Gasteiger partial charge in [0, 0.05) is 22.5 Å². The van der Waals surface area contributed by atoms with Gasteiger partial charge >= 0.3 is 0 Å². The number of carbonyl (C=O) groups excluding carboxylic acids is 1. The number of rotatable bonds is 6. The number of methoxy groups -OCH3 is 2. The first-order valence-electron chi connectivity index (χ1n) is 7.10. The third-order valence-corrected chi connectivity index (χ3v) is 4.27. The van der Waals surface area contributed by atoms with Crippen LogP contribution in [-0.4, -0.2) is 20.1 Å². The fraction of sp³-hybridized carbons (Fsp3) is 0.235. The molecule has 1 N–H and O–H groups in total. The first kappa shape index (κ1) is 18.7. The summed E-state index contributed by atoms with van der Waals surface area (Å²) in [5, 5.41) is 4.27. The number of carbonyl (C=O) groups is 1. The third kappa shape index (κ3) is 4.69. The van der Waals surface area contributed by atoms with Crippen molar-refractivity contribution >= 4 is 46.4 Å². The van der Waals surface area contributed by atoms with E-state index < -0.39 is 0 Å². The van der Waals surface area contributed by atoms with Gasteiger partial charge in [0.25, 0.3) is 0 Å². The average Bonchev–Trinajstić information content (AvgIpc) is 2.54. The van der Waals surface area contributed by atoms with Gasteiger partial charge in [0.2, 0.25) is 5.91 Å². The Labute approximate surface area is 155 Å². The van der Waals surface area contributed by atoms with Gasteiger partial charge in [-0.25, -0.2) is 0 Å². The van der Waals surface area contributed by atoms with Gasteiger partial charge in [-0.15, -0.1) is 0 Å². The van der Waals surface area contributed by atoms with Crippen molar-refractivity contribution < 1.29 is 14.3 Å². The molecule has 2 aromatic carbocycles. The van der Waals surface area contributed by atoms with Gasteiger partial charge in [-0.1, -0.05) is 40.9 Å². The highest BCUT2D eigenvalue weighted by atomic mass is 35.5. The molecule has 0 radical (unpaired) electrons. The van der Waals surface area contributed by atoms with E-state index >= 15 is 0 Å². The molecule has 0 heterocycles. The highest BCUT2D eigenvalue weighted by Gasteiger charge is 2.13. The van der Waals surface area contributed by atoms with Crippen molar-refractivity contribution in [2.45, 2.75) is 12.8 Å². The molecule has 0 spiro atoms. The number of ether oxygens (including phenoxy) is 2. The Kier molecular flexibility index (Phi) is 6.60. The molecule has 2 rings (SSSR count). The minimum absolute atomic E-state index is 0.180. The molecule has 2 aromatic rings. The minimum Gasteiger partial charge on any atom is -0.495 e. The monoisotopic (exact) mass is 387 g/mol. The van der Waals surface area contributed by atoms with Gasteiger partial charge in [-0.05, 0) is 30.2 Å². The van der Waals surface area contributed by atoms with E-state index in [4.69, 9.17) is 44.3 Å². The van der Waals surface area contributed by atoms with Gasteiger partial charge in [-0.3, -0.25) is 4.79 Å². The van der Waals surface area contributed by atoms with Crippen LogP contribution in [0.4, 0.5) is 5.69 Å². The zero-order chi connectivity index (χ0) is 17.7. The molecular formula is C17H16Cl3NO3. The molecule has 7 heteroatoms. The molecule has 24 heavy (non-hydrogen) atoms. The maximum atomic E-state index is 12.2. The number of aryl methyl sites for hydroxylation is 1. The lowest BCUT2D eigenvalue weighted by Crippen LogP contribution is -2.13. The third-order valence-electron chi connectivity index (χ3n) is 3.38. The van der Waals surface area contributed by atoms with Crippen LogP contribution in [0, 0.1) is 0 Å². The van der Waals surface area contributed by atoms with E-state index in [0.29, 0.717) is 38.7 Å². The Morgan fingerprint density at radius 2 is 1.71 bits per heavy atom. The molecule has 128 valence electrons. The van der Waals surface area contributed by atoms with Crippen molar-refractivity contribution in [2.24, 2.45) is 0 Å². The van der Waals surface area contributed by atoms with Crippen LogP contribution in [-0.2, 0) is 11.2 Å². The molecule has 0 aliphatic rings. The number of amides is 1. The summed E-state index contributed by atoms with van der Waals surface area (Å²) in [6.45, 7) is 0. The summed E-state index contributed by atoms with van der Waals surface area (Å²) in [5.74, 6) is 0.758. The number of halogens is 3. The maximum absolute atomic E-state index is 12.2. The standard InChI is InChI=1S/C17H16Cl3NO3/c1-23-15-9-16(24-2)14(8-13(15)20)21-17(22)6-4-10-3-5-11(18)7-12(10)19/h3,5,7-9H,4,6H2,1-2H3,(H,21,22). The minimum atomic E-state index is -0.180. The molecule has 0 saturated heterocycles. The van der Waals surface area contributed by atoms with Crippen LogP contribution in [0.15, 0.2) is 30.3 Å². The first-order chi connectivity index (χ1) is 11.4. The lowest BCUT2D eigenvalue weighted by atomic mass is 10.1. The number of hydrogen-bond acceptors (Lipinski definition) is 3. The summed E-state index contributed by atoms with van der Waals surface area (Å²) in [5.41, 5.74) is 1.34. The van der Waals surface area contributed by atoms with Crippen LogP contribution in [0.5, 0.6) is 11.5 Å². The second-order valence-electron chi connectivity index (χ2n) is 4.97. The predicted molar refractivity (Wildman–Crippen MR) is 98.0 cm³/mol. The molecule has 1 amide bonds. The molecule has 0 aliphatic heterocycles. The quantitative estimate of drug-likeness (QED) is 0.736. The Bertz CT molecular complexity index is 750. The van der Waals surface area contributed by atoms with Crippen molar-refractivity contribution in [3.8, 4) is 11.5 Å². The Balaban J connectivity index is 2.05. The van der Waals surface area contributed by atoms with E-state index in [0.717, 1.165) is 5.56 Å². The summed E-state index contributed by atoms with van der Waals surface area (Å²) in [4.78, 5) is 12.2. The van der Waals surface area contributed by atoms with E-state index in [2.05, 4.69) is 5.32 Å². The number of hydrogen-bond donors (Lipinski definition) is 1. The zero-order valence-electron chi connectivity index (χ0n) is 13.2. The van der Waals surface area contributed by atoms with Gasteiger partial charge in [0.15, 0.2) is 0 Å². The second-order valence-corrected chi connectivity index (χ2v) is 6.22. The normalized spacial score (nSPS) is 10.4. The first-order valence-corrected chi connectivity index (χ1v) is 8.23. The van der Waals surface area contributed by atoms with E-state index in [1.54, 1.807) is 24.3 Å². The van der Waals surface area contributed by atoms with Crippen molar-refractivity contribution in [2.75, 3.05) is 19.5 Å². The number of nitrogens with one attached hydrogen (secondary N) is 1. The van der Waals surface area contributed by atoms with Crippen molar-refractivity contribution in [1.82, 2.24) is 0 Å². The molecule has 0 unspecified atom stereocenters. The van der Waals surface area contributed by atoms with Crippen LogP contribution >= 0.6 is 34.8 Å². The molecule has 0 aliphatic carbocycles. The van der Waals surface area contributed by atoms with Crippen LogP contribution in [0.2, 0.25) is 15.1 Å². The predicted octanol–water partition coefficient (Wildman–Crippen LogP) is 5.24. The lowest BCUT2D eigenvalue weighted by Gasteiger charge is -2.13. The van der Waals surface area contributed by atoms with Crippen LogP contribution in [0.1, 0.15) is 12.0 Å². The molecule has 0 fully saturated rings. The summed E-state index contributed by atoms with van der Waals surface area (Å²) in [6, 6.07) is 8.42. The molecule has 0 aromatic heterocycles. The molecule has 4 nitrogen and oxygen atoms in total. The second kappa shape index (κ2) is 8.47. The average molecular weight is 389 g/mol. The van der Waals surface area contributed by atoms with Crippen molar-refractivity contribution in [3.63, 3.8) is 0 Å². The Morgan fingerprint density at radius 1 is 1.00 bits per heavy atom. The smallest absolute Gasteiger partial charge is 0.224 e. The van der Waals surface area contributed by atoms with Gasteiger partial charge in [0.05, 0.1) is 24.9 Å². The van der Waals surface area contributed by atoms with Gasteiger partial charge in [-0.2, -0.15) is 0 Å². The molecule has 0 atom stereocenters. The largest absolute Gasteiger partial charge is 0.495 e. The summed E-state index contributed by atoms with van der Waals surface area (Å²) in [7, 11) is 3.01. The number of benzene rings is 2. The van der Waals surface area contributed by atoms with Gasteiger partial charge in [0.1, 0.15) is 11.5 Å². The summed E-state index contributed by atoms with van der Waals surface area (Å²) in [6.07, 6.45) is 0.752. The van der Waals surface area contributed by atoms with Crippen LogP contribution < -0.4 is 14.8 Å². The zero-order valence-corrected chi connectivity index (χ0v) is 15.4. The number of anilines is 1. The Morgan fingerprint density at radius 3 is 2.33 bits per heavy atom. The van der Waals surface area contributed by atoms with E-state index in [1.165, 1.54) is 14.2 Å². The van der Waals surface area contributed by atoms with E-state index in [-0.39, 0.29) is 12.3 Å². The molecule has 0 bridgehead atoms. The fourth-order valence-electron chi connectivity index (χ4n) is 2.14. The molecule has 0 saturated carbocycles. The summed E-state index contributed by atoms with van der Waals surface area (Å²) < 4.78 is 10.4.